The number of hydrogen-bond acceptors (Lipinski definition) is 3. The fourth-order valence-corrected chi connectivity index (χ4v) is 2.07. The van der Waals surface area contributed by atoms with Gasteiger partial charge in [-0.3, -0.25) is 9.59 Å². The number of carbonyl (C=O) groups is 2. The van der Waals surface area contributed by atoms with E-state index in [4.69, 9.17) is 0 Å². The second kappa shape index (κ2) is 6.25. The van der Waals surface area contributed by atoms with Gasteiger partial charge in [-0.25, -0.2) is 8.78 Å². The van der Waals surface area contributed by atoms with Gasteiger partial charge in [-0.2, -0.15) is 0 Å². The van der Waals surface area contributed by atoms with E-state index < -0.39 is 17.5 Å². The number of benzene rings is 1. The molecule has 2 aromatic rings. The second-order valence-electron chi connectivity index (χ2n) is 3.84. The summed E-state index contributed by atoms with van der Waals surface area (Å²) < 4.78 is 25.6. The molecule has 0 aliphatic carbocycles. The minimum Gasteiger partial charge on any atom is -0.342 e. The van der Waals surface area contributed by atoms with Gasteiger partial charge in [0.05, 0.1) is 11.4 Å². The maximum atomic E-state index is 12.9. The number of nitrogens with one attached hydrogen (secondary N) is 2. The van der Waals surface area contributed by atoms with Crippen molar-refractivity contribution in [2.75, 3.05) is 11.9 Å². The molecular weight excluding hydrogens is 286 g/mol. The molecule has 0 fully saturated rings. The molecule has 0 bridgehead atoms. The molecule has 0 unspecified atom stereocenters. The molecule has 1 aromatic carbocycles. The smallest absolute Gasteiger partial charge is 0.261 e. The zero-order chi connectivity index (χ0) is 14.5. The van der Waals surface area contributed by atoms with Gasteiger partial charge < -0.3 is 10.6 Å². The molecule has 0 aliphatic rings. The van der Waals surface area contributed by atoms with E-state index in [1.165, 1.54) is 17.4 Å². The van der Waals surface area contributed by atoms with Crippen molar-refractivity contribution < 1.29 is 18.4 Å². The Bertz CT molecular complexity index is 629. The monoisotopic (exact) mass is 296 g/mol. The van der Waals surface area contributed by atoms with Gasteiger partial charge in [0.2, 0.25) is 5.91 Å². The largest absolute Gasteiger partial charge is 0.342 e. The maximum absolute atomic E-state index is 12.9. The molecule has 4 nitrogen and oxygen atoms in total. The Hall–Kier alpha value is -2.28. The lowest BCUT2D eigenvalue weighted by Crippen LogP contribution is -2.32. The molecule has 0 saturated carbocycles. The summed E-state index contributed by atoms with van der Waals surface area (Å²) in [6, 6.07) is 6.37. The summed E-state index contributed by atoms with van der Waals surface area (Å²) in [6.45, 7) is -0.254. The van der Waals surface area contributed by atoms with Crippen molar-refractivity contribution >= 4 is 28.8 Å². The van der Waals surface area contributed by atoms with E-state index >= 15 is 0 Å². The summed E-state index contributed by atoms with van der Waals surface area (Å²) in [5.74, 6) is -2.93. The van der Waals surface area contributed by atoms with Gasteiger partial charge >= 0.3 is 0 Å². The number of rotatable bonds is 4. The first-order valence-electron chi connectivity index (χ1n) is 5.63. The first-order valence-corrected chi connectivity index (χ1v) is 6.51. The number of anilines is 1. The Morgan fingerprint density at radius 2 is 1.95 bits per heavy atom. The van der Waals surface area contributed by atoms with Gasteiger partial charge in [-0.05, 0) is 23.6 Å². The van der Waals surface area contributed by atoms with Crippen LogP contribution >= 0.6 is 11.3 Å². The van der Waals surface area contributed by atoms with Crippen LogP contribution in [0, 0.1) is 11.6 Å². The topological polar surface area (TPSA) is 58.2 Å². The summed E-state index contributed by atoms with van der Waals surface area (Å²) in [5.41, 5.74) is 0.124. The zero-order valence-corrected chi connectivity index (χ0v) is 11.0. The Balaban J connectivity index is 1.86. The van der Waals surface area contributed by atoms with Crippen LogP contribution in [0.5, 0.6) is 0 Å². The molecule has 20 heavy (non-hydrogen) atoms. The van der Waals surface area contributed by atoms with E-state index in [0.29, 0.717) is 4.88 Å². The van der Waals surface area contributed by atoms with Gasteiger partial charge in [-0.1, -0.05) is 6.07 Å². The van der Waals surface area contributed by atoms with Gasteiger partial charge in [0.15, 0.2) is 11.6 Å². The first-order chi connectivity index (χ1) is 9.56. The van der Waals surface area contributed by atoms with Crippen molar-refractivity contribution in [3.05, 3.63) is 52.2 Å². The molecule has 0 aliphatic heterocycles. The Morgan fingerprint density at radius 3 is 2.60 bits per heavy atom. The Morgan fingerprint density at radius 1 is 1.15 bits per heavy atom. The highest BCUT2D eigenvalue weighted by molar-refractivity contribution is 7.12. The average molecular weight is 296 g/mol. The molecule has 0 atom stereocenters. The Labute approximate surface area is 117 Å². The van der Waals surface area contributed by atoms with E-state index in [2.05, 4.69) is 10.6 Å². The van der Waals surface area contributed by atoms with Crippen molar-refractivity contribution in [3.63, 3.8) is 0 Å². The zero-order valence-electron chi connectivity index (χ0n) is 10.2. The van der Waals surface area contributed by atoms with Crippen LogP contribution in [0.4, 0.5) is 14.5 Å². The molecule has 2 rings (SSSR count). The van der Waals surface area contributed by atoms with Gasteiger partial charge in [-0.15, -0.1) is 11.3 Å². The van der Waals surface area contributed by atoms with Crippen LogP contribution < -0.4 is 10.6 Å². The second-order valence-corrected chi connectivity index (χ2v) is 4.78. The highest BCUT2D eigenvalue weighted by atomic mass is 32.1. The van der Waals surface area contributed by atoms with E-state index in [9.17, 15) is 18.4 Å². The van der Waals surface area contributed by atoms with Crippen molar-refractivity contribution in [2.24, 2.45) is 0 Å². The lowest BCUT2D eigenvalue weighted by atomic mass is 10.3. The quantitative estimate of drug-likeness (QED) is 0.910. The standard InChI is InChI=1S/C13H10F2N2O2S/c14-9-4-3-8(6-10(9)15)17-12(18)7-16-13(19)11-2-1-5-20-11/h1-6H,7H2,(H,16,19)(H,17,18). The van der Waals surface area contributed by atoms with Gasteiger partial charge in [0.25, 0.3) is 5.91 Å². The summed E-state index contributed by atoms with van der Waals surface area (Å²) in [7, 11) is 0. The minimum atomic E-state index is -1.05. The number of thiophene rings is 1. The molecule has 7 heteroatoms. The van der Waals surface area contributed by atoms with Crippen LogP contribution in [0.3, 0.4) is 0 Å². The first kappa shape index (κ1) is 14.1. The number of hydrogen-bond donors (Lipinski definition) is 2. The number of carbonyl (C=O) groups excluding carboxylic acids is 2. The summed E-state index contributed by atoms with van der Waals surface area (Å²) >= 11 is 1.26. The number of amides is 2. The molecule has 0 saturated heterocycles. The highest BCUT2D eigenvalue weighted by Crippen LogP contribution is 2.12. The fourth-order valence-electron chi connectivity index (χ4n) is 1.43. The van der Waals surface area contributed by atoms with Crippen molar-refractivity contribution in [1.29, 1.82) is 0 Å². The van der Waals surface area contributed by atoms with Crippen molar-refractivity contribution in [1.82, 2.24) is 5.32 Å². The predicted octanol–water partition coefficient (Wildman–Crippen LogP) is 2.39. The summed E-state index contributed by atoms with van der Waals surface area (Å²) in [6.07, 6.45) is 0. The van der Waals surface area contributed by atoms with Crippen LogP contribution in [0.1, 0.15) is 9.67 Å². The molecule has 104 valence electrons. The molecule has 1 heterocycles. The molecule has 2 amide bonds. The molecule has 0 radical (unpaired) electrons. The normalized spacial score (nSPS) is 10.1. The van der Waals surface area contributed by atoms with E-state index in [0.717, 1.165) is 12.1 Å². The number of halogens is 2. The van der Waals surface area contributed by atoms with Crippen LogP contribution in [0.25, 0.3) is 0 Å². The summed E-state index contributed by atoms with van der Waals surface area (Å²) in [5, 5.41) is 6.52. The highest BCUT2D eigenvalue weighted by Gasteiger charge is 2.10. The van der Waals surface area contributed by atoms with E-state index in [1.54, 1.807) is 17.5 Å². The SMILES string of the molecule is O=C(CNC(=O)c1cccs1)Nc1ccc(F)c(F)c1. The molecular formula is C13H10F2N2O2S. The maximum Gasteiger partial charge on any atom is 0.261 e. The van der Waals surface area contributed by atoms with Gasteiger partial charge in [0.1, 0.15) is 0 Å². The van der Waals surface area contributed by atoms with Crippen molar-refractivity contribution in [3.8, 4) is 0 Å². The third kappa shape index (κ3) is 3.61. The third-order valence-electron chi connectivity index (χ3n) is 2.36. The van der Waals surface area contributed by atoms with Crippen LogP contribution in [0.2, 0.25) is 0 Å². The van der Waals surface area contributed by atoms with E-state index in [-0.39, 0.29) is 18.1 Å². The fraction of sp³-hybridized carbons (Fsp3) is 0.0769. The predicted molar refractivity (Wildman–Crippen MR) is 71.6 cm³/mol. The molecule has 0 spiro atoms. The summed E-state index contributed by atoms with van der Waals surface area (Å²) in [4.78, 5) is 23.6. The van der Waals surface area contributed by atoms with E-state index in [1.807, 2.05) is 0 Å². The lowest BCUT2D eigenvalue weighted by Gasteiger charge is -2.06. The van der Waals surface area contributed by atoms with Crippen LogP contribution in [-0.4, -0.2) is 18.4 Å². The van der Waals surface area contributed by atoms with Crippen LogP contribution in [0.15, 0.2) is 35.7 Å². The minimum absolute atomic E-state index is 0.124. The third-order valence-corrected chi connectivity index (χ3v) is 3.23. The van der Waals surface area contributed by atoms with Gasteiger partial charge in [0, 0.05) is 11.8 Å². The van der Waals surface area contributed by atoms with Crippen molar-refractivity contribution in [2.45, 2.75) is 0 Å². The molecule has 1 aromatic heterocycles. The van der Waals surface area contributed by atoms with Crippen LogP contribution in [-0.2, 0) is 4.79 Å². The molecule has 2 N–H and O–H groups in total. The average Bonchev–Trinajstić information content (AvgIpc) is 2.94. The lowest BCUT2D eigenvalue weighted by molar-refractivity contribution is -0.115. The Kier molecular flexibility index (Phi) is 4.41.